The van der Waals surface area contributed by atoms with Gasteiger partial charge in [-0.1, -0.05) is 65.7 Å². The highest BCUT2D eigenvalue weighted by molar-refractivity contribution is 6.42. The number of halogens is 2. The number of carboxylic acid groups (broad SMARTS) is 1. The molecule has 3 amide bonds. The molecule has 5 aromatic rings. The topological polar surface area (TPSA) is 157 Å². The summed E-state index contributed by atoms with van der Waals surface area (Å²) in [6, 6.07) is 23.9. The number of carbonyl (C=O) groups excluding carboxylic acids is 3. The van der Waals surface area contributed by atoms with E-state index in [1.165, 1.54) is 0 Å². The van der Waals surface area contributed by atoms with E-state index in [9.17, 15) is 24.3 Å². The Kier molecular flexibility index (Phi) is 14.0. The highest BCUT2D eigenvalue weighted by Gasteiger charge is 2.41. The van der Waals surface area contributed by atoms with Gasteiger partial charge >= 0.3 is 12.1 Å². The normalized spacial score (nSPS) is 17.5. The van der Waals surface area contributed by atoms with E-state index in [0.717, 1.165) is 50.2 Å². The first-order valence-electron chi connectivity index (χ1n) is 22.4. The van der Waals surface area contributed by atoms with Gasteiger partial charge in [-0.3, -0.25) is 14.6 Å². The first-order valence-corrected chi connectivity index (χ1v) is 23.2. The molecule has 0 radical (unpaired) electrons. The van der Waals surface area contributed by atoms with Crippen LogP contribution in [0.4, 0.5) is 4.79 Å². The maximum Gasteiger partial charge on any atom is 0.410 e. The second-order valence-electron chi connectivity index (χ2n) is 18.4. The maximum absolute atomic E-state index is 14.6. The Hall–Kier alpha value is -6.31. The van der Waals surface area contributed by atoms with Gasteiger partial charge in [0.25, 0.3) is 0 Å². The summed E-state index contributed by atoms with van der Waals surface area (Å²) in [5.74, 6) is -0.813. The van der Waals surface area contributed by atoms with Crippen molar-refractivity contribution in [2.45, 2.75) is 97.2 Å². The number of nitrogens with zero attached hydrogens (tertiary/aromatic N) is 3. The van der Waals surface area contributed by atoms with E-state index in [1.807, 2.05) is 86.6 Å². The van der Waals surface area contributed by atoms with Crippen LogP contribution < -0.4 is 19.5 Å². The van der Waals surface area contributed by atoms with Gasteiger partial charge in [0.1, 0.15) is 36.6 Å². The number of carboxylic acids is 1. The molecule has 1 aromatic heterocycles. The largest absolute Gasteiger partial charge is 0.489 e. The van der Waals surface area contributed by atoms with Crippen LogP contribution in [0.1, 0.15) is 78.8 Å². The smallest absolute Gasteiger partial charge is 0.410 e. The van der Waals surface area contributed by atoms with Gasteiger partial charge in [-0.2, -0.15) is 0 Å². The molecule has 1 fully saturated rings. The Labute approximate surface area is 400 Å². The van der Waals surface area contributed by atoms with Crippen LogP contribution in [0.3, 0.4) is 0 Å². The first kappa shape index (κ1) is 47.2. The van der Waals surface area contributed by atoms with Gasteiger partial charge in [-0.15, -0.1) is 0 Å². The van der Waals surface area contributed by atoms with Crippen LogP contribution in [0.5, 0.6) is 17.2 Å². The lowest BCUT2D eigenvalue weighted by Gasteiger charge is -2.40. The number of benzene rings is 4. The van der Waals surface area contributed by atoms with E-state index in [0.29, 0.717) is 59.8 Å². The molecule has 2 N–H and O–H groups in total. The van der Waals surface area contributed by atoms with E-state index in [1.54, 1.807) is 48.9 Å². The van der Waals surface area contributed by atoms with Crippen LogP contribution in [0.2, 0.25) is 10.0 Å². The molecule has 3 atom stereocenters. The Balaban J connectivity index is 0.989. The minimum Gasteiger partial charge on any atom is -0.489 e. The second-order valence-corrected chi connectivity index (χ2v) is 19.2. The lowest BCUT2D eigenvalue weighted by atomic mass is 9.89. The van der Waals surface area contributed by atoms with E-state index < -0.39 is 47.7 Å². The van der Waals surface area contributed by atoms with Gasteiger partial charge in [0.15, 0.2) is 17.6 Å². The Morgan fingerprint density at radius 3 is 2.27 bits per heavy atom. The van der Waals surface area contributed by atoms with Crippen LogP contribution in [0.15, 0.2) is 91.1 Å². The van der Waals surface area contributed by atoms with Gasteiger partial charge in [-0.05, 0) is 134 Å². The fraction of sp³-hybridized carbons (Fsp3) is 0.365. The number of ether oxygens (including phenoxy) is 4. The average Bonchev–Trinajstić information content (AvgIpc) is 3.31. The zero-order chi connectivity index (χ0) is 47.6. The van der Waals surface area contributed by atoms with E-state index in [4.69, 9.17) is 42.1 Å². The average molecular weight is 950 g/mol. The summed E-state index contributed by atoms with van der Waals surface area (Å²) in [6.45, 7) is 10.6. The number of aliphatic carboxylic acids is 1. The summed E-state index contributed by atoms with van der Waals surface area (Å²) in [6.07, 6.45) is 1.81. The van der Waals surface area contributed by atoms with E-state index in [-0.39, 0.29) is 31.9 Å². The van der Waals surface area contributed by atoms with Crippen LogP contribution in [-0.2, 0) is 45.1 Å². The van der Waals surface area contributed by atoms with Crippen molar-refractivity contribution in [2.24, 2.45) is 5.92 Å². The Bertz CT molecular complexity index is 2660. The molecule has 0 unspecified atom stereocenters. The molecule has 350 valence electrons. The molecule has 3 aliphatic rings. The number of rotatable bonds is 11. The van der Waals surface area contributed by atoms with Gasteiger partial charge in [0.05, 0.1) is 10.0 Å². The molecular formula is C52H54Cl2N4O9. The Morgan fingerprint density at radius 1 is 0.881 bits per heavy atom. The fourth-order valence-electron chi connectivity index (χ4n) is 8.70. The van der Waals surface area contributed by atoms with Crippen molar-refractivity contribution < 1.29 is 43.2 Å². The number of amides is 3. The van der Waals surface area contributed by atoms with Crippen molar-refractivity contribution in [1.29, 1.82) is 0 Å². The SMILES string of the molecule is Cc1nccc(-c2ccc(C[C@H](NC(=O)[C@@H]3Cc4cc5c(cc4CN3C(=O)C3CCN(C(=O)OC(C)(C)C)CC3)O[C@@H](c3ccc(OCc4ccc(Cl)c(Cl)c4)cc3)CO5)C(=O)O)cc2)c1C. The number of piperidine rings is 1. The standard InChI is InChI=1S/C52H54Cl2N4O9/c1-30-31(2)55-19-16-40(30)34-9-6-32(7-10-34)23-43(50(61)62)56-48(59)44-24-37-25-45-46(26-38(37)27-58(44)49(60)36-17-20-57(21-18-36)51(63)67-52(3,4)5)66-47(29-65-45)35-11-13-39(14-12-35)64-28-33-8-15-41(53)42(54)22-33/h6-16,19,22,25-26,36,43-44,47H,17-18,20-21,23-24,27-29H2,1-5H3,(H,56,59)(H,61,62)/t43-,44-,47+/m0/s1. The second kappa shape index (κ2) is 19.9. The van der Waals surface area contributed by atoms with Crippen molar-refractivity contribution >= 4 is 47.1 Å². The number of aromatic nitrogens is 1. The number of aryl methyl sites for hydroxylation is 1. The van der Waals surface area contributed by atoms with Gasteiger partial charge < -0.3 is 39.2 Å². The number of hydrogen-bond acceptors (Lipinski definition) is 9. The van der Waals surface area contributed by atoms with Gasteiger partial charge in [-0.25, -0.2) is 9.59 Å². The number of hydrogen-bond donors (Lipinski definition) is 2. The van der Waals surface area contributed by atoms with Crippen molar-refractivity contribution in [2.75, 3.05) is 19.7 Å². The number of fused-ring (bicyclic) bond motifs is 2. The van der Waals surface area contributed by atoms with Crippen LogP contribution >= 0.6 is 23.2 Å². The van der Waals surface area contributed by atoms with Gasteiger partial charge in [0.2, 0.25) is 11.8 Å². The molecule has 13 nitrogen and oxygen atoms in total. The van der Waals surface area contributed by atoms with Gasteiger partial charge in [0, 0.05) is 50.3 Å². The van der Waals surface area contributed by atoms with Crippen molar-refractivity contribution in [3.8, 4) is 28.4 Å². The van der Waals surface area contributed by atoms with E-state index in [2.05, 4.69) is 10.3 Å². The monoisotopic (exact) mass is 948 g/mol. The molecule has 15 heteroatoms. The number of likely N-dealkylation sites (tertiary alicyclic amines) is 1. The third-order valence-corrected chi connectivity index (χ3v) is 13.3. The predicted molar refractivity (Wildman–Crippen MR) is 254 cm³/mol. The quantitative estimate of drug-likeness (QED) is 0.131. The van der Waals surface area contributed by atoms with E-state index >= 15 is 0 Å². The summed E-state index contributed by atoms with van der Waals surface area (Å²) < 4.78 is 24.3. The van der Waals surface area contributed by atoms with Crippen LogP contribution in [0.25, 0.3) is 11.1 Å². The maximum atomic E-state index is 14.6. The summed E-state index contributed by atoms with van der Waals surface area (Å²) >= 11 is 12.2. The van der Waals surface area contributed by atoms with Crippen molar-refractivity contribution in [1.82, 2.24) is 20.1 Å². The van der Waals surface area contributed by atoms with Crippen LogP contribution in [-0.4, -0.2) is 81.1 Å². The number of carbonyl (C=O) groups is 4. The summed E-state index contributed by atoms with van der Waals surface area (Å²) in [4.78, 5) is 62.2. The summed E-state index contributed by atoms with van der Waals surface area (Å²) in [5.41, 5.74) is 7.39. The fourth-order valence-corrected chi connectivity index (χ4v) is 9.02. The van der Waals surface area contributed by atoms with Crippen molar-refractivity contribution in [3.05, 3.63) is 140 Å². The highest BCUT2D eigenvalue weighted by Crippen LogP contribution is 2.41. The predicted octanol–water partition coefficient (Wildman–Crippen LogP) is 9.48. The zero-order valence-corrected chi connectivity index (χ0v) is 39.7. The summed E-state index contributed by atoms with van der Waals surface area (Å²) in [7, 11) is 0. The minimum atomic E-state index is -1.26. The minimum absolute atomic E-state index is 0.0322. The van der Waals surface area contributed by atoms with Crippen molar-refractivity contribution in [3.63, 3.8) is 0 Å². The molecule has 8 rings (SSSR count). The molecule has 3 aliphatic heterocycles. The molecule has 1 saturated heterocycles. The Morgan fingerprint density at radius 2 is 1.58 bits per heavy atom. The third-order valence-electron chi connectivity index (χ3n) is 12.6. The highest BCUT2D eigenvalue weighted by atomic mass is 35.5. The zero-order valence-electron chi connectivity index (χ0n) is 38.1. The molecule has 4 aromatic carbocycles. The lowest BCUT2D eigenvalue weighted by molar-refractivity contribution is -0.148. The molecule has 0 spiro atoms. The molecule has 0 aliphatic carbocycles. The molecule has 67 heavy (non-hydrogen) atoms. The third kappa shape index (κ3) is 11.1. The number of nitrogens with one attached hydrogen (secondary N) is 1. The molecule has 0 bridgehead atoms. The molecule has 4 heterocycles. The van der Waals surface area contributed by atoms with Crippen LogP contribution in [0, 0.1) is 19.8 Å². The lowest BCUT2D eigenvalue weighted by Crippen LogP contribution is -2.57. The molecular weight excluding hydrogens is 895 g/mol. The first-order chi connectivity index (χ1) is 32.0. The summed E-state index contributed by atoms with van der Waals surface area (Å²) in [5, 5.41) is 14.1. The number of pyridine rings is 1. The molecule has 0 saturated carbocycles.